The van der Waals surface area contributed by atoms with Crippen molar-refractivity contribution >= 4 is 40.9 Å². The number of nitrogens with zero attached hydrogens (tertiary/aromatic N) is 1. The number of hydrogen-bond donors (Lipinski definition) is 5. The molecule has 222 valence electrons. The van der Waals surface area contributed by atoms with Gasteiger partial charge in [-0.3, -0.25) is 0 Å². The highest BCUT2D eigenvalue weighted by Crippen LogP contribution is 2.42. The van der Waals surface area contributed by atoms with E-state index < -0.39 is 5.97 Å². The summed E-state index contributed by atoms with van der Waals surface area (Å²) in [5.74, 6) is 0.236. The van der Waals surface area contributed by atoms with E-state index in [0.29, 0.717) is 12.0 Å². The molecule has 8 nitrogen and oxygen atoms in total. The number of H-pyrrole nitrogens is 1. The number of benzene rings is 2. The lowest BCUT2D eigenvalue weighted by Crippen LogP contribution is -2.31. The number of anilines is 1. The smallest absolute Gasteiger partial charge is 0.328 e. The van der Waals surface area contributed by atoms with Crippen LogP contribution in [-0.2, 0) is 9.59 Å². The second-order valence-corrected chi connectivity index (χ2v) is 11.4. The maximum Gasteiger partial charge on any atom is 0.328 e. The monoisotopic (exact) mass is 569 g/mol. The van der Waals surface area contributed by atoms with Crippen molar-refractivity contribution in [1.82, 2.24) is 4.98 Å². The molecular weight excluding hydrogens is 526 g/mol. The number of fused-ring (bicyclic) bond motifs is 2. The number of nitrogens with two attached hydrogens (primary N) is 2. The van der Waals surface area contributed by atoms with Crippen molar-refractivity contribution in [3.05, 3.63) is 83.6 Å². The van der Waals surface area contributed by atoms with Crippen molar-refractivity contribution in [2.75, 3.05) is 11.9 Å². The molecule has 0 fully saturated rings. The van der Waals surface area contributed by atoms with Crippen molar-refractivity contribution in [3.63, 3.8) is 0 Å². The second-order valence-electron chi connectivity index (χ2n) is 11.4. The molecule has 1 aromatic heterocycles. The molecule has 42 heavy (non-hydrogen) atoms. The predicted octanol–water partition coefficient (Wildman–Crippen LogP) is 6.23. The number of carboxylic acid groups (broad SMARTS) is 1. The van der Waals surface area contributed by atoms with Crippen molar-refractivity contribution in [1.29, 1.82) is 0 Å². The summed E-state index contributed by atoms with van der Waals surface area (Å²) in [4.78, 5) is 30.2. The maximum atomic E-state index is 11.8. The van der Waals surface area contributed by atoms with E-state index >= 15 is 0 Å². The van der Waals surface area contributed by atoms with Crippen LogP contribution >= 0.6 is 0 Å². The number of aldehydes is 1. The number of carbonyl (C=O) groups is 2. The third-order valence-electron chi connectivity index (χ3n) is 8.18. The first-order chi connectivity index (χ1) is 20.3. The molecule has 2 aromatic carbocycles. The molecular formula is C34H43N5O3. The van der Waals surface area contributed by atoms with Crippen molar-refractivity contribution < 1.29 is 14.7 Å². The Morgan fingerprint density at radius 1 is 1.10 bits per heavy atom. The molecule has 0 aliphatic heterocycles. The number of nitrogens with one attached hydrogen (secondary N) is 2. The average Bonchev–Trinajstić information content (AvgIpc) is 3.49. The summed E-state index contributed by atoms with van der Waals surface area (Å²) in [7, 11) is 0. The fourth-order valence-electron chi connectivity index (χ4n) is 5.98. The number of allylic oxidation sites excluding steroid dienone is 1. The fraction of sp³-hybridized carbons (Fsp3) is 0.382. The van der Waals surface area contributed by atoms with E-state index in [1.807, 2.05) is 25.3 Å². The predicted molar refractivity (Wildman–Crippen MR) is 171 cm³/mol. The Hall–Kier alpha value is -4.33. The molecule has 0 saturated carbocycles. The lowest BCUT2D eigenvalue weighted by Gasteiger charge is -2.34. The fourth-order valence-corrected chi connectivity index (χ4v) is 5.98. The summed E-state index contributed by atoms with van der Waals surface area (Å²) in [5, 5.41) is 15.6. The van der Waals surface area contributed by atoms with Gasteiger partial charge in [0.05, 0.1) is 12.6 Å². The standard InChI is InChI=1S/C34H43N5O3/c1-23(22-40)9-4-2-3-5-12-29-27(15-14-26-17-24-10-6-7-11-25(24)18-30(26)29)19-31(39-32-13-8-16-37-32)28(20-33(41)42)21-38-34(35)36/h6-8,10-11,13-18,20,22-23,27,29,31,37,39H,2-5,9,12,19,21H2,1H3,(H,41,42)(H4,35,36,38). The molecule has 1 heterocycles. The first-order valence-electron chi connectivity index (χ1n) is 14.9. The number of aliphatic carboxylic acids is 1. The van der Waals surface area contributed by atoms with Crippen LogP contribution in [0.2, 0.25) is 0 Å². The molecule has 0 spiro atoms. The molecule has 8 heteroatoms. The number of hydrogen-bond acceptors (Lipinski definition) is 4. The largest absolute Gasteiger partial charge is 0.478 e. The SMILES string of the molecule is CC(C=O)CCCCCCC1c2cc3ccccc3cc2C=CC1CC(Nc1ccc[nH]1)C(=CC(=O)O)CN=C(N)N. The molecule has 4 unspecified atom stereocenters. The van der Waals surface area contributed by atoms with Crippen LogP contribution in [0.25, 0.3) is 16.8 Å². The highest BCUT2D eigenvalue weighted by molar-refractivity contribution is 5.87. The van der Waals surface area contributed by atoms with Crippen LogP contribution in [-0.4, -0.2) is 40.9 Å². The average molecular weight is 570 g/mol. The molecule has 1 aliphatic carbocycles. The number of carbonyl (C=O) groups excluding carboxylic acids is 1. The van der Waals surface area contributed by atoms with Crippen molar-refractivity contribution in [2.24, 2.45) is 28.3 Å². The Morgan fingerprint density at radius 2 is 1.86 bits per heavy atom. The van der Waals surface area contributed by atoms with E-state index in [1.54, 1.807) is 0 Å². The summed E-state index contributed by atoms with van der Waals surface area (Å²) in [6, 6.07) is 16.6. The molecule has 0 saturated heterocycles. The number of aromatic amines is 1. The second kappa shape index (κ2) is 15.1. The van der Waals surface area contributed by atoms with E-state index in [9.17, 15) is 14.7 Å². The third-order valence-corrected chi connectivity index (χ3v) is 8.18. The molecule has 4 atom stereocenters. The van der Waals surface area contributed by atoms with Crippen LogP contribution < -0.4 is 16.8 Å². The highest BCUT2D eigenvalue weighted by Gasteiger charge is 2.30. The van der Waals surface area contributed by atoms with Gasteiger partial charge in [-0.2, -0.15) is 0 Å². The van der Waals surface area contributed by atoms with Gasteiger partial charge in [-0.1, -0.05) is 75.1 Å². The molecule has 1 aliphatic rings. The van der Waals surface area contributed by atoms with Crippen LogP contribution in [0.1, 0.15) is 68.9 Å². The van der Waals surface area contributed by atoms with Gasteiger partial charge in [0, 0.05) is 18.2 Å². The molecule has 3 aromatic rings. The van der Waals surface area contributed by atoms with E-state index in [1.165, 1.54) is 28.0 Å². The zero-order chi connectivity index (χ0) is 29.9. The lowest BCUT2D eigenvalue weighted by atomic mass is 9.73. The quantitative estimate of drug-likeness (QED) is 0.0455. The Kier molecular flexibility index (Phi) is 11.0. The summed E-state index contributed by atoms with van der Waals surface area (Å²) in [6.07, 6.45) is 15.6. The minimum Gasteiger partial charge on any atom is -0.478 e. The number of rotatable bonds is 16. The van der Waals surface area contributed by atoms with Crippen LogP contribution in [0, 0.1) is 11.8 Å². The van der Waals surface area contributed by atoms with Crippen LogP contribution in [0.15, 0.2) is 77.4 Å². The number of carboxylic acids is 1. The summed E-state index contributed by atoms with van der Waals surface area (Å²) in [5.41, 5.74) is 14.4. The van der Waals surface area contributed by atoms with E-state index in [2.05, 4.69) is 63.8 Å². The van der Waals surface area contributed by atoms with Crippen LogP contribution in [0.3, 0.4) is 0 Å². The van der Waals surface area contributed by atoms with Crippen molar-refractivity contribution in [3.8, 4) is 0 Å². The Labute approximate surface area is 248 Å². The highest BCUT2D eigenvalue weighted by atomic mass is 16.4. The maximum absolute atomic E-state index is 11.8. The van der Waals surface area contributed by atoms with Crippen LogP contribution in [0.5, 0.6) is 0 Å². The molecule has 4 rings (SSSR count). The zero-order valence-corrected chi connectivity index (χ0v) is 24.3. The topological polar surface area (TPSA) is 147 Å². The number of guanidine groups is 1. The van der Waals surface area contributed by atoms with E-state index in [-0.39, 0.29) is 36.3 Å². The Morgan fingerprint density at radius 3 is 2.55 bits per heavy atom. The number of unbranched alkanes of at least 4 members (excludes halogenated alkanes) is 3. The number of aliphatic imine (C=N–C) groups is 1. The summed E-state index contributed by atoms with van der Waals surface area (Å²) in [6.45, 7) is 2.07. The summed E-state index contributed by atoms with van der Waals surface area (Å²) >= 11 is 0. The first-order valence-corrected chi connectivity index (χ1v) is 14.9. The third kappa shape index (κ3) is 8.59. The van der Waals surface area contributed by atoms with E-state index in [4.69, 9.17) is 11.5 Å². The van der Waals surface area contributed by atoms with Gasteiger partial charge in [0.1, 0.15) is 12.1 Å². The Balaban J connectivity index is 1.62. The number of aromatic nitrogens is 1. The molecule has 0 bridgehead atoms. The summed E-state index contributed by atoms with van der Waals surface area (Å²) < 4.78 is 0. The van der Waals surface area contributed by atoms with Gasteiger partial charge in [0.2, 0.25) is 0 Å². The van der Waals surface area contributed by atoms with Crippen LogP contribution in [0.4, 0.5) is 5.82 Å². The van der Waals surface area contributed by atoms with Gasteiger partial charge in [-0.05, 0) is 76.8 Å². The van der Waals surface area contributed by atoms with Gasteiger partial charge >= 0.3 is 5.97 Å². The lowest BCUT2D eigenvalue weighted by molar-refractivity contribution is -0.131. The van der Waals surface area contributed by atoms with Gasteiger partial charge < -0.3 is 31.7 Å². The van der Waals surface area contributed by atoms with Gasteiger partial charge in [0.25, 0.3) is 0 Å². The van der Waals surface area contributed by atoms with E-state index in [0.717, 1.165) is 50.6 Å². The molecule has 0 radical (unpaired) electrons. The van der Waals surface area contributed by atoms with Gasteiger partial charge in [-0.25, -0.2) is 9.79 Å². The van der Waals surface area contributed by atoms with Gasteiger partial charge in [0.15, 0.2) is 5.96 Å². The Bertz CT molecular complexity index is 1420. The van der Waals surface area contributed by atoms with Gasteiger partial charge in [-0.15, -0.1) is 0 Å². The first kappa shape index (κ1) is 30.6. The minimum atomic E-state index is -1.04. The zero-order valence-electron chi connectivity index (χ0n) is 24.3. The normalized spacial score (nSPS) is 17.8. The minimum absolute atomic E-state index is 0.0799. The molecule has 7 N–H and O–H groups in total. The molecule has 0 amide bonds. The van der Waals surface area contributed by atoms with Crippen molar-refractivity contribution in [2.45, 2.75) is 63.8 Å².